The Morgan fingerprint density at radius 3 is 2.09 bits per heavy atom. The molecule has 0 aliphatic carbocycles. The lowest BCUT2D eigenvalue weighted by molar-refractivity contribution is -0.163. The van der Waals surface area contributed by atoms with Crippen LogP contribution in [-0.2, 0) is 14.3 Å². The Morgan fingerprint density at radius 1 is 1.36 bits per heavy atom. The first-order chi connectivity index (χ1) is 4.90. The van der Waals surface area contributed by atoms with E-state index < -0.39 is 11.4 Å². The third kappa shape index (κ3) is 1.44. The first-order valence-electron chi connectivity index (χ1n) is 3.74. The molecule has 1 aliphatic rings. The SMILES string of the molecule is C[C@@H]1OC(C)(C)O[C@]1(C)C=O. The number of hydrogen-bond acceptors (Lipinski definition) is 3. The van der Waals surface area contributed by atoms with Crippen molar-refractivity contribution in [3.8, 4) is 0 Å². The highest BCUT2D eigenvalue weighted by Crippen LogP contribution is 2.34. The lowest BCUT2D eigenvalue weighted by Gasteiger charge is -2.20. The monoisotopic (exact) mass is 158 g/mol. The Labute approximate surface area is 66.7 Å². The molecule has 0 bridgehead atoms. The van der Waals surface area contributed by atoms with Gasteiger partial charge in [0, 0.05) is 0 Å². The maximum atomic E-state index is 10.6. The van der Waals surface area contributed by atoms with E-state index in [1.807, 2.05) is 6.92 Å². The van der Waals surface area contributed by atoms with Crippen LogP contribution in [0.15, 0.2) is 0 Å². The van der Waals surface area contributed by atoms with Crippen molar-refractivity contribution in [3.05, 3.63) is 0 Å². The van der Waals surface area contributed by atoms with Gasteiger partial charge in [-0.2, -0.15) is 0 Å². The summed E-state index contributed by atoms with van der Waals surface area (Å²) >= 11 is 0. The van der Waals surface area contributed by atoms with Gasteiger partial charge in [0.1, 0.15) is 5.60 Å². The van der Waals surface area contributed by atoms with Crippen molar-refractivity contribution in [2.45, 2.75) is 45.2 Å². The standard InChI is InChI=1S/C8H14O3/c1-6-8(4,5-9)11-7(2,3)10-6/h5-6H,1-4H3/t6-,8+/m0/s1. The molecule has 0 aromatic carbocycles. The topological polar surface area (TPSA) is 35.5 Å². The predicted octanol–water partition coefficient (Wildman–Crippen LogP) is 1.12. The highest BCUT2D eigenvalue weighted by Gasteiger charge is 2.47. The van der Waals surface area contributed by atoms with Gasteiger partial charge in [0.2, 0.25) is 0 Å². The molecular formula is C8H14O3. The molecule has 11 heavy (non-hydrogen) atoms. The van der Waals surface area contributed by atoms with Crippen LogP contribution in [0.3, 0.4) is 0 Å². The van der Waals surface area contributed by atoms with E-state index in [0.717, 1.165) is 6.29 Å². The Kier molecular flexibility index (Phi) is 1.81. The van der Waals surface area contributed by atoms with E-state index in [9.17, 15) is 4.79 Å². The molecule has 1 rings (SSSR count). The average Bonchev–Trinajstić information content (AvgIpc) is 2.03. The van der Waals surface area contributed by atoms with Gasteiger partial charge in [-0.25, -0.2) is 0 Å². The van der Waals surface area contributed by atoms with E-state index in [2.05, 4.69) is 0 Å². The lowest BCUT2D eigenvalue weighted by atomic mass is 10.0. The van der Waals surface area contributed by atoms with Crippen molar-refractivity contribution in [2.75, 3.05) is 0 Å². The maximum absolute atomic E-state index is 10.6. The quantitative estimate of drug-likeness (QED) is 0.536. The predicted molar refractivity (Wildman–Crippen MR) is 40.2 cm³/mol. The molecule has 2 atom stereocenters. The number of aldehydes is 1. The number of hydrogen-bond donors (Lipinski definition) is 0. The minimum absolute atomic E-state index is 0.171. The molecule has 3 nitrogen and oxygen atoms in total. The zero-order valence-corrected chi connectivity index (χ0v) is 7.38. The van der Waals surface area contributed by atoms with Crippen LogP contribution in [0.5, 0.6) is 0 Å². The first-order valence-corrected chi connectivity index (χ1v) is 3.74. The molecule has 1 fully saturated rings. The summed E-state index contributed by atoms with van der Waals surface area (Å²) in [7, 11) is 0. The summed E-state index contributed by atoms with van der Waals surface area (Å²) in [5, 5.41) is 0. The summed E-state index contributed by atoms with van der Waals surface area (Å²) in [5.74, 6) is -0.630. The van der Waals surface area contributed by atoms with Crippen molar-refractivity contribution in [1.82, 2.24) is 0 Å². The summed E-state index contributed by atoms with van der Waals surface area (Å²) in [4.78, 5) is 10.6. The van der Waals surface area contributed by atoms with Crippen LogP contribution in [0.2, 0.25) is 0 Å². The van der Waals surface area contributed by atoms with Crippen molar-refractivity contribution in [1.29, 1.82) is 0 Å². The molecule has 0 saturated carbocycles. The number of carbonyl (C=O) groups is 1. The van der Waals surface area contributed by atoms with Gasteiger partial charge in [-0.3, -0.25) is 0 Å². The molecule has 0 unspecified atom stereocenters. The minimum atomic E-state index is -0.774. The molecule has 0 radical (unpaired) electrons. The van der Waals surface area contributed by atoms with Gasteiger partial charge in [0.05, 0.1) is 6.10 Å². The molecule has 1 heterocycles. The Morgan fingerprint density at radius 2 is 1.91 bits per heavy atom. The molecule has 0 aromatic heterocycles. The van der Waals surface area contributed by atoms with E-state index in [1.54, 1.807) is 20.8 Å². The van der Waals surface area contributed by atoms with Crippen molar-refractivity contribution >= 4 is 6.29 Å². The largest absolute Gasteiger partial charge is 0.344 e. The number of carbonyl (C=O) groups excluding carboxylic acids is 1. The molecular weight excluding hydrogens is 144 g/mol. The Bertz CT molecular complexity index is 176. The Hall–Kier alpha value is -0.410. The molecule has 0 aromatic rings. The van der Waals surface area contributed by atoms with Crippen molar-refractivity contribution < 1.29 is 14.3 Å². The summed E-state index contributed by atoms with van der Waals surface area (Å²) in [6.45, 7) is 7.18. The number of ether oxygens (including phenoxy) is 2. The highest BCUT2D eigenvalue weighted by atomic mass is 16.8. The normalized spacial score (nSPS) is 42.4. The van der Waals surface area contributed by atoms with Crippen LogP contribution >= 0.6 is 0 Å². The van der Waals surface area contributed by atoms with Crippen molar-refractivity contribution in [2.24, 2.45) is 0 Å². The smallest absolute Gasteiger partial charge is 0.164 e. The third-order valence-electron chi connectivity index (χ3n) is 1.97. The van der Waals surface area contributed by atoms with Gasteiger partial charge in [-0.1, -0.05) is 0 Å². The molecule has 1 aliphatic heterocycles. The molecule has 0 N–H and O–H groups in total. The maximum Gasteiger partial charge on any atom is 0.164 e. The Balaban J connectivity index is 2.81. The molecule has 0 spiro atoms. The van der Waals surface area contributed by atoms with E-state index in [-0.39, 0.29) is 6.10 Å². The van der Waals surface area contributed by atoms with Crippen LogP contribution < -0.4 is 0 Å². The second kappa shape index (κ2) is 2.29. The zero-order chi connectivity index (χ0) is 8.70. The van der Waals surface area contributed by atoms with E-state index >= 15 is 0 Å². The fourth-order valence-electron chi connectivity index (χ4n) is 1.30. The highest BCUT2D eigenvalue weighted by molar-refractivity contribution is 5.63. The van der Waals surface area contributed by atoms with E-state index in [1.165, 1.54) is 0 Å². The fraction of sp³-hybridized carbons (Fsp3) is 0.875. The van der Waals surface area contributed by atoms with Crippen LogP contribution in [-0.4, -0.2) is 23.8 Å². The van der Waals surface area contributed by atoms with Crippen LogP contribution in [0.1, 0.15) is 27.7 Å². The minimum Gasteiger partial charge on any atom is -0.344 e. The fourth-order valence-corrected chi connectivity index (χ4v) is 1.30. The summed E-state index contributed by atoms with van der Waals surface area (Å²) in [5.41, 5.74) is -0.774. The molecule has 3 heteroatoms. The van der Waals surface area contributed by atoms with Crippen molar-refractivity contribution in [3.63, 3.8) is 0 Å². The van der Waals surface area contributed by atoms with Gasteiger partial charge in [0.25, 0.3) is 0 Å². The van der Waals surface area contributed by atoms with E-state index in [4.69, 9.17) is 9.47 Å². The van der Waals surface area contributed by atoms with Gasteiger partial charge in [-0.05, 0) is 27.7 Å². The van der Waals surface area contributed by atoms with Crippen LogP contribution in [0.25, 0.3) is 0 Å². The molecule has 1 saturated heterocycles. The van der Waals surface area contributed by atoms with Crippen LogP contribution in [0.4, 0.5) is 0 Å². The van der Waals surface area contributed by atoms with Gasteiger partial charge in [0.15, 0.2) is 12.1 Å². The summed E-state index contributed by atoms with van der Waals surface area (Å²) in [6, 6.07) is 0. The third-order valence-corrected chi connectivity index (χ3v) is 1.97. The van der Waals surface area contributed by atoms with Gasteiger partial charge in [-0.15, -0.1) is 0 Å². The van der Waals surface area contributed by atoms with Gasteiger partial charge >= 0.3 is 0 Å². The number of rotatable bonds is 1. The molecule has 64 valence electrons. The second-order valence-corrected chi connectivity index (χ2v) is 3.56. The lowest BCUT2D eigenvalue weighted by Crippen LogP contribution is -2.36. The average molecular weight is 158 g/mol. The molecule has 0 amide bonds. The zero-order valence-electron chi connectivity index (χ0n) is 7.38. The summed E-state index contributed by atoms with van der Waals surface area (Å²) < 4.78 is 10.8. The first kappa shape index (κ1) is 8.68. The second-order valence-electron chi connectivity index (χ2n) is 3.56. The summed E-state index contributed by atoms with van der Waals surface area (Å²) in [6.07, 6.45) is 0.627. The van der Waals surface area contributed by atoms with E-state index in [0.29, 0.717) is 0 Å². The van der Waals surface area contributed by atoms with Gasteiger partial charge < -0.3 is 14.3 Å². The van der Waals surface area contributed by atoms with Crippen LogP contribution in [0, 0.1) is 0 Å².